The first-order valence-corrected chi connectivity index (χ1v) is 6.87. The highest BCUT2D eigenvalue weighted by atomic mass is 19.3. The van der Waals surface area contributed by atoms with Gasteiger partial charge in [-0.1, -0.05) is 32.4 Å². The maximum Gasteiger partial charge on any atom is 0.387 e. The lowest BCUT2D eigenvalue weighted by atomic mass is 10.00. The summed E-state index contributed by atoms with van der Waals surface area (Å²) in [6.07, 6.45) is 2.61. The summed E-state index contributed by atoms with van der Waals surface area (Å²) in [5, 5.41) is 0. The van der Waals surface area contributed by atoms with Crippen LogP contribution in [0.25, 0.3) is 11.3 Å². The van der Waals surface area contributed by atoms with Gasteiger partial charge in [0.15, 0.2) is 0 Å². The van der Waals surface area contributed by atoms with Crippen molar-refractivity contribution in [3.8, 4) is 17.0 Å². The van der Waals surface area contributed by atoms with E-state index in [0.29, 0.717) is 11.7 Å². The standard InChI is InChI=1S/C15H19F2N3O/c1-3-9(2)13(18)14-19-8-12(20-14)10-5-4-6-11(7-10)21-15(16)17/h4-9,13,15H,3,18H2,1-2H3,(H,19,20). The number of rotatable bonds is 6. The quantitative estimate of drug-likeness (QED) is 0.853. The minimum atomic E-state index is -2.84. The lowest BCUT2D eigenvalue weighted by molar-refractivity contribution is -0.0498. The first-order valence-electron chi connectivity index (χ1n) is 6.87. The maximum absolute atomic E-state index is 12.2. The molecule has 0 aliphatic rings. The van der Waals surface area contributed by atoms with Gasteiger partial charge in [-0.25, -0.2) is 4.98 Å². The Labute approximate surface area is 122 Å². The predicted molar refractivity (Wildman–Crippen MR) is 77.0 cm³/mol. The zero-order chi connectivity index (χ0) is 15.4. The van der Waals surface area contributed by atoms with Crippen molar-refractivity contribution in [1.82, 2.24) is 9.97 Å². The molecule has 1 aromatic heterocycles. The van der Waals surface area contributed by atoms with Crippen LogP contribution >= 0.6 is 0 Å². The van der Waals surface area contributed by atoms with Crippen molar-refractivity contribution in [2.45, 2.75) is 32.9 Å². The number of nitrogens with zero attached hydrogens (tertiary/aromatic N) is 1. The molecule has 0 saturated carbocycles. The van der Waals surface area contributed by atoms with Gasteiger partial charge in [-0.3, -0.25) is 0 Å². The molecule has 0 radical (unpaired) electrons. The third kappa shape index (κ3) is 3.78. The van der Waals surface area contributed by atoms with E-state index >= 15 is 0 Å². The molecule has 0 amide bonds. The van der Waals surface area contributed by atoms with Gasteiger partial charge in [-0.05, 0) is 18.1 Å². The number of imidazole rings is 1. The number of aromatic amines is 1. The molecule has 1 aromatic carbocycles. The van der Waals surface area contributed by atoms with Crippen LogP contribution in [0.15, 0.2) is 30.5 Å². The molecule has 0 aliphatic heterocycles. The molecule has 0 saturated heterocycles. The summed E-state index contributed by atoms with van der Waals surface area (Å²) in [5.74, 6) is 1.11. The number of halogens is 2. The second-order valence-electron chi connectivity index (χ2n) is 5.00. The minimum Gasteiger partial charge on any atom is -0.435 e. The van der Waals surface area contributed by atoms with E-state index in [-0.39, 0.29) is 11.8 Å². The smallest absolute Gasteiger partial charge is 0.387 e. The Bertz CT molecular complexity index is 586. The second-order valence-corrected chi connectivity index (χ2v) is 5.00. The fraction of sp³-hybridized carbons (Fsp3) is 0.400. The molecule has 1 heterocycles. The van der Waals surface area contributed by atoms with Crippen LogP contribution in [0.1, 0.15) is 32.1 Å². The fourth-order valence-electron chi connectivity index (χ4n) is 2.02. The molecule has 21 heavy (non-hydrogen) atoms. The molecule has 3 N–H and O–H groups in total. The van der Waals surface area contributed by atoms with Crippen molar-refractivity contribution >= 4 is 0 Å². The van der Waals surface area contributed by atoms with Gasteiger partial charge in [0.05, 0.1) is 17.9 Å². The van der Waals surface area contributed by atoms with Gasteiger partial charge in [0.25, 0.3) is 0 Å². The number of H-pyrrole nitrogens is 1. The molecule has 0 fully saturated rings. The molecule has 0 spiro atoms. The highest BCUT2D eigenvalue weighted by molar-refractivity contribution is 5.60. The van der Waals surface area contributed by atoms with E-state index < -0.39 is 6.61 Å². The molecule has 4 nitrogen and oxygen atoms in total. The molecule has 2 aromatic rings. The third-order valence-electron chi connectivity index (χ3n) is 3.54. The summed E-state index contributed by atoms with van der Waals surface area (Å²) < 4.78 is 28.9. The summed E-state index contributed by atoms with van der Waals surface area (Å²) in [6.45, 7) is 1.29. The lowest BCUT2D eigenvalue weighted by Gasteiger charge is -2.15. The summed E-state index contributed by atoms with van der Waals surface area (Å²) in [4.78, 5) is 7.43. The van der Waals surface area contributed by atoms with Gasteiger partial charge in [-0.15, -0.1) is 0 Å². The normalized spacial score (nSPS) is 14.2. The van der Waals surface area contributed by atoms with E-state index in [1.807, 2.05) is 0 Å². The zero-order valence-electron chi connectivity index (χ0n) is 12.0. The van der Waals surface area contributed by atoms with Crippen molar-refractivity contribution in [3.63, 3.8) is 0 Å². The molecule has 2 rings (SSSR count). The van der Waals surface area contributed by atoms with Crippen molar-refractivity contribution in [2.75, 3.05) is 0 Å². The number of nitrogens with one attached hydrogen (secondary N) is 1. The molecule has 6 heteroatoms. The van der Waals surface area contributed by atoms with E-state index in [1.54, 1.807) is 18.3 Å². The largest absolute Gasteiger partial charge is 0.435 e. The molecular formula is C15H19F2N3O. The fourth-order valence-corrected chi connectivity index (χ4v) is 2.02. The number of aromatic nitrogens is 2. The predicted octanol–water partition coefficient (Wildman–Crippen LogP) is 3.72. The van der Waals surface area contributed by atoms with Crippen LogP contribution in [-0.2, 0) is 0 Å². The summed E-state index contributed by atoms with van der Waals surface area (Å²) in [6, 6.07) is 6.30. The number of alkyl halides is 2. The molecule has 2 atom stereocenters. The topological polar surface area (TPSA) is 63.9 Å². The first-order chi connectivity index (χ1) is 10.0. The van der Waals surface area contributed by atoms with Gasteiger partial charge in [0, 0.05) is 5.56 Å². The monoisotopic (exact) mass is 295 g/mol. The van der Waals surface area contributed by atoms with Crippen molar-refractivity contribution in [1.29, 1.82) is 0 Å². The first kappa shape index (κ1) is 15.4. The average Bonchev–Trinajstić information content (AvgIpc) is 2.95. The summed E-state index contributed by atoms with van der Waals surface area (Å²) >= 11 is 0. The van der Waals surface area contributed by atoms with Gasteiger partial charge < -0.3 is 15.5 Å². The Balaban J connectivity index is 2.21. The molecule has 114 valence electrons. The summed E-state index contributed by atoms with van der Waals surface area (Å²) in [7, 11) is 0. The van der Waals surface area contributed by atoms with E-state index in [2.05, 4.69) is 28.6 Å². The van der Waals surface area contributed by atoms with Gasteiger partial charge in [-0.2, -0.15) is 8.78 Å². The molecule has 2 unspecified atom stereocenters. The van der Waals surface area contributed by atoms with Crippen molar-refractivity contribution in [2.24, 2.45) is 11.7 Å². The summed E-state index contributed by atoms with van der Waals surface area (Å²) in [5.41, 5.74) is 7.57. The van der Waals surface area contributed by atoms with Crippen molar-refractivity contribution in [3.05, 3.63) is 36.3 Å². The van der Waals surface area contributed by atoms with Crippen LogP contribution in [0.2, 0.25) is 0 Å². The van der Waals surface area contributed by atoms with Gasteiger partial charge in [0.2, 0.25) is 0 Å². The minimum absolute atomic E-state index is 0.116. The highest BCUT2D eigenvalue weighted by Crippen LogP contribution is 2.26. The van der Waals surface area contributed by atoms with Crippen LogP contribution in [-0.4, -0.2) is 16.6 Å². The Kier molecular flexibility index (Phi) is 4.90. The Hall–Kier alpha value is -1.95. The number of hydrogen-bond acceptors (Lipinski definition) is 3. The molecule has 0 bridgehead atoms. The Morgan fingerprint density at radius 2 is 2.14 bits per heavy atom. The lowest BCUT2D eigenvalue weighted by Crippen LogP contribution is -2.19. The van der Waals surface area contributed by atoms with Crippen LogP contribution in [0, 0.1) is 5.92 Å². The third-order valence-corrected chi connectivity index (χ3v) is 3.54. The zero-order valence-corrected chi connectivity index (χ0v) is 12.0. The second kappa shape index (κ2) is 6.67. The van der Waals surface area contributed by atoms with E-state index in [1.165, 1.54) is 12.1 Å². The van der Waals surface area contributed by atoms with Gasteiger partial charge in [0.1, 0.15) is 11.6 Å². The van der Waals surface area contributed by atoms with E-state index in [4.69, 9.17) is 5.73 Å². The Morgan fingerprint density at radius 3 is 2.81 bits per heavy atom. The Morgan fingerprint density at radius 1 is 1.38 bits per heavy atom. The maximum atomic E-state index is 12.2. The number of nitrogens with two attached hydrogens (primary N) is 1. The van der Waals surface area contributed by atoms with Crippen LogP contribution in [0.4, 0.5) is 8.78 Å². The highest BCUT2D eigenvalue weighted by Gasteiger charge is 2.17. The SMILES string of the molecule is CCC(C)C(N)c1ncc(-c2cccc(OC(F)F)c2)[nH]1. The number of hydrogen-bond donors (Lipinski definition) is 2. The van der Waals surface area contributed by atoms with Gasteiger partial charge >= 0.3 is 6.61 Å². The number of benzene rings is 1. The molecular weight excluding hydrogens is 276 g/mol. The average molecular weight is 295 g/mol. The van der Waals surface area contributed by atoms with E-state index in [0.717, 1.165) is 17.7 Å². The van der Waals surface area contributed by atoms with Crippen LogP contribution < -0.4 is 10.5 Å². The van der Waals surface area contributed by atoms with E-state index in [9.17, 15) is 8.78 Å². The number of ether oxygens (including phenoxy) is 1. The van der Waals surface area contributed by atoms with Crippen LogP contribution in [0.5, 0.6) is 5.75 Å². The molecule has 0 aliphatic carbocycles. The van der Waals surface area contributed by atoms with Crippen molar-refractivity contribution < 1.29 is 13.5 Å². The van der Waals surface area contributed by atoms with Crippen LogP contribution in [0.3, 0.4) is 0 Å².